The van der Waals surface area contributed by atoms with Gasteiger partial charge < -0.3 is 4.74 Å². The third kappa shape index (κ3) is 18.8. The van der Waals surface area contributed by atoms with Crippen molar-refractivity contribution in [3.05, 3.63) is 0 Å². The van der Waals surface area contributed by atoms with Crippen LogP contribution in [-0.2, 0) is 9.53 Å². The Hall–Kier alpha value is -0.530. The summed E-state index contributed by atoms with van der Waals surface area (Å²) in [6.07, 6.45) is 28.9. The molecular weight excluding hydrogens is 344 g/mol. The summed E-state index contributed by atoms with van der Waals surface area (Å²) in [6.45, 7) is 2.92. The van der Waals surface area contributed by atoms with Gasteiger partial charge in [-0.25, -0.2) is 0 Å². The topological polar surface area (TPSA) is 26.3 Å². The third-order valence-corrected chi connectivity index (χ3v) is 6.20. The normalized spacial score (nSPS) is 13.8. The highest BCUT2D eigenvalue weighted by Gasteiger charge is 2.19. The minimum atomic E-state index is 0.0249. The van der Waals surface area contributed by atoms with E-state index in [9.17, 15) is 4.79 Å². The predicted octanol–water partition coefficient (Wildman–Crippen LogP) is 8.76. The molecule has 0 unspecified atom stereocenters. The van der Waals surface area contributed by atoms with Crippen LogP contribution in [0.15, 0.2) is 0 Å². The number of esters is 1. The largest absolute Gasteiger partial charge is 0.466 e. The number of carbonyl (C=O) groups is 1. The van der Waals surface area contributed by atoms with Gasteiger partial charge in [0, 0.05) is 6.42 Å². The molecule has 2 heteroatoms. The van der Waals surface area contributed by atoms with Crippen LogP contribution in [-0.4, -0.2) is 12.6 Å². The fourth-order valence-corrected chi connectivity index (χ4v) is 4.02. The van der Waals surface area contributed by atoms with E-state index in [2.05, 4.69) is 6.92 Å². The lowest BCUT2D eigenvalue weighted by Gasteiger charge is -2.05. The molecule has 0 amide bonds. The molecular formula is C26H50O2. The van der Waals surface area contributed by atoms with Crippen LogP contribution >= 0.6 is 0 Å². The monoisotopic (exact) mass is 394 g/mol. The first kappa shape index (κ1) is 25.5. The van der Waals surface area contributed by atoms with Crippen LogP contribution in [0.1, 0.15) is 148 Å². The van der Waals surface area contributed by atoms with Gasteiger partial charge in [-0.3, -0.25) is 4.79 Å². The van der Waals surface area contributed by atoms with E-state index in [1.165, 1.54) is 122 Å². The lowest BCUT2D eigenvalue weighted by molar-refractivity contribution is -0.143. The molecule has 0 atom stereocenters. The molecule has 1 fully saturated rings. The van der Waals surface area contributed by atoms with E-state index >= 15 is 0 Å². The molecule has 0 spiro atoms. The number of hydrogen-bond acceptors (Lipinski definition) is 2. The molecule has 0 aromatic rings. The molecule has 1 saturated carbocycles. The molecule has 0 saturated heterocycles. The maximum absolute atomic E-state index is 11.7. The lowest BCUT2D eigenvalue weighted by atomic mass is 10.0. The van der Waals surface area contributed by atoms with Crippen molar-refractivity contribution in [1.82, 2.24) is 0 Å². The Kier molecular flexibility index (Phi) is 18.0. The zero-order chi connectivity index (χ0) is 20.1. The Bertz CT molecular complexity index is 335. The van der Waals surface area contributed by atoms with Gasteiger partial charge in [0.15, 0.2) is 0 Å². The maximum Gasteiger partial charge on any atom is 0.305 e. The lowest BCUT2D eigenvalue weighted by Crippen LogP contribution is -2.05. The van der Waals surface area contributed by atoms with Gasteiger partial charge in [0.1, 0.15) is 0 Å². The highest BCUT2D eigenvalue weighted by Crippen LogP contribution is 2.34. The van der Waals surface area contributed by atoms with E-state index in [4.69, 9.17) is 4.74 Å². The zero-order valence-electron chi connectivity index (χ0n) is 19.2. The second kappa shape index (κ2) is 19.8. The summed E-state index contributed by atoms with van der Waals surface area (Å²) in [5.74, 6) is 1.08. The molecule has 0 N–H and O–H groups in total. The van der Waals surface area contributed by atoms with E-state index in [0.29, 0.717) is 13.0 Å². The summed E-state index contributed by atoms with van der Waals surface area (Å²) >= 11 is 0. The van der Waals surface area contributed by atoms with Gasteiger partial charge in [-0.1, -0.05) is 129 Å². The molecule has 1 aliphatic carbocycles. The van der Waals surface area contributed by atoms with E-state index in [-0.39, 0.29) is 5.97 Å². The van der Waals surface area contributed by atoms with Crippen LogP contribution in [0.25, 0.3) is 0 Å². The van der Waals surface area contributed by atoms with Crippen LogP contribution in [0, 0.1) is 5.92 Å². The first-order chi connectivity index (χ1) is 13.8. The second-order valence-electron chi connectivity index (χ2n) is 9.21. The first-order valence-corrected chi connectivity index (χ1v) is 13.0. The number of ether oxygens (including phenoxy) is 1. The second-order valence-corrected chi connectivity index (χ2v) is 9.21. The van der Waals surface area contributed by atoms with Crippen LogP contribution in [0.5, 0.6) is 0 Å². The van der Waals surface area contributed by atoms with E-state index in [0.717, 1.165) is 18.8 Å². The number of carbonyl (C=O) groups excluding carboxylic acids is 1. The third-order valence-electron chi connectivity index (χ3n) is 6.20. The average molecular weight is 395 g/mol. The van der Waals surface area contributed by atoms with Gasteiger partial charge in [0.25, 0.3) is 0 Å². The molecule has 0 radical (unpaired) electrons. The number of unbranched alkanes of at least 4 members (excludes halogenated alkanes) is 16. The Morgan fingerprint density at radius 3 is 1.64 bits per heavy atom. The Morgan fingerprint density at radius 1 is 0.643 bits per heavy atom. The van der Waals surface area contributed by atoms with E-state index in [1.807, 2.05) is 0 Å². The van der Waals surface area contributed by atoms with Gasteiger partial charge in [-0.05, 0) is 18.8 Å². The van der Waals surface area contributed by atoms with E-state index < -0.39 is 0 Å². The summed E-state index contributed by atoms with van der Waals surface area (Å²) in [7, 11) is 0. The number of rotatable bonds is 22. The Balaban J connectivity index is 1.67. The predicted molar refractivity (Wildman–Crippen MR) is 122 cm³/mol. The SMILES string of the molecule is CCCCCCCCCCCCCCCCOC(=O)CCCCCCC1CC1. The fourth-order valence-electron chi connectivity index (χ4n) is 4.02. The van der Waals surface area contributed by atoms with Crippen LogP contribution in [0.2, 0.25) is 0 Å². The molecule has 0 aromatic carbocycles. The molecule has 0 bridgehead atoms. The van der Waals surface area contributed by atoms with E-state index in [1.54, 1.807) is 0 Å². The summed E-state index contributed by atoms with van der Waals surface area (Å²) < 4.78 is 5.36. The van der Waals surface area contributed by atoms with Crippen molar-refractivity contribution >= 4 is 5.97 Å². The van der Waals surface area contributed by atoms with Crippen molar-refractivity contribution in [1.29, 1.82) is 0 Å². The Labute approximate surface area is 176 Å². The highest BCUT2D eigenvalue weighted by molar-refractivity contribution is 5.69. The number of hydrogen-bond donors (Lipinski definition) is 0. The summed E-state index contributed by atoms with van der Waals surface area (Å²) in [5.41, 5.74) is 0. The van der Waals surface area contributed by atoms with Gasteiger partial charge in [0.05, 0.1) is 6.61 Å². The van der Waals surface area contributed by atoms with Gasteiger partial charge >= 0.3 is 5.97 Å². The molecule has 2 nitrogen and oxygen atoms in total. The average Bonchev–Trinajstić information content (AvgIpc) is 3.52. The molecule has 0 aromatic heterocycles. The molecule has 1 rings (SSSR count). The smallest absolute Gasteiger partial charge is 0.305 e. The van der Waals surface area contributed by atoms with Crippen molar-refractivity contribution in [2.75, 3.05) is 6.61 Å². The first-order valence-electron chi connectivity index (χ1n) is 13.0. The van der Waals surface area contributed by atoms with Gasteiger partial charge in [-0.15, -0.1) is 0 Å². The minimum Gasteiger partial charge on any atom is -0.466 e. The molecule has 0 aliphatic heterocycles. The molecule has 1 aliphatic rings. The highest BCUT2D eigenvalue weighted by atomic mass is 16.5. The van der Waals surface area contributed by atoms with Crippen molar-refractivity contribution in [3.8, 4) is 0 Å². The van der Waals surface area contributed by atoms with Crippen molar-refractivity contribution < 1.29 is 9.53 Å². The van der Waals surface area contributed by atoms with Gasteiger partial charge in [0.2, 0.25) is 0 Å². The molecule has 0 heterocycles. The quantitative estimate of drug-likeness (QED) is 0.135. The summed E-state index contributed by atoms with van der Waals surface area (Å²) in [5, 5.41) is 0. The fraction of sp³-hybridized carbons (Fsp3) is 0.962. The molecule has 166 valence electrons. The Morgan fingerprint density at radius 2 is 1.11 bits per heavy atom. The van der Waals surface area contributed by atoms with Crippen LogP contribution in [0.3, 0.4) is 0 Å². The minimum absolute atomic E-state index is 0.0249. The summed E-state index contributed by atoms with van der Waals surface area (Å²) in [6, 6.07) is 0. The standard InChI is InChI=1S/C26H50O2/c1-2-3-4-5-6-7-8-9-10-11-12-13-16-19-24-28-26(27)21-18-15-14-17-20-25-22-23-25/h25H,2-24H2,1H3. The van der Waals surface area contributed by atoms with Crippen molar-refractivity contribution in [2.45, 2.75) is 148 Å². The van der Waals surface area contributed by atoms with Gasteiger partial charge in [-0.2, -0.15) is 0 Å². The van der Waals surface area contributed by atoms with Crippen LogP contribution in [0.4, 0.5) is 0 Å². The van der Waals surface area contributed by atoms with Crippen LogP contribution < -0.4 is 0 Å². The maximum atomic E-state index is 11.7. The van der Waals surface area contributed by atoms with Crippen molar-refractivity contribution in [3.63, 3.8) is 0 Å². The van der Waals surface area contributed by atoms with Crippen molar-refractivity contribution in [2.24, 2.45) is 5.92 Å². The zero-order valence-corrected chi connectivity index (χ0v) is 19.2. The molecule has 28 heavy (non-hydrogen) atoms. The summed E-state index contributed by atoms with van der Waals surface area (Å²) in [4.78, 5) is 11.7.